The molecule has 0 heterocycles. The topological polar surface area (TPSA) is 24.1 Å². The van der Waals surface area contributed by atoms with Crippen LogP contribution < -0.4 is 10.6 Å². The summed E-state index contributed by atoms with van der Waals surface area (Å²) in [6, 6.07) is 0.657. The molecule has 0 aliphatic carbocycles. The van der Waals surface area contributed by atoms with Crippen LogP contribution in [-0.4, -0.2) is 26.7 Å². The van der Waals surface area contributed by atoms with Gasteiger partial charge in [-0.05, 0) is 20.5 Å². The number of hydrogen-bond donors (Lipinski definition) is 2. The quantitative estimate of drug-likeness (QED) is 0.581. The Morgan fingerprint density at radius 1 is 1.30 bits per heavy atom. The highest BCUT2D eigenvalue weighted by atomic mass is 14.9. The van der Waals surface area contributed by atoms with Crippen molar-refractivity contribution in [2.24, 2.45) is 0 Å². The Morgan fingerprint density at radius 3 is 2.40 bits per heavy atom. The fourth-order valence-electron chi connectivity index (χ4n) is 1.05. The predicted octanol–water partition coefficient (Wildman–Crippen LogP) is 0.984. The standard InChI is InChI=1S/C8H20N2/c1-4-5-6-8(10-3)7-9-2/h8-10H,4-7H2,1-3H3. The minimum absolute atomic E-state index is 0.657. The molecule has 0 saturated heterocycles. The van der Waals surface area contributed by atoms with Crippen molar-refractivity contribution in [3.63, 3.8) is 0 Å². The van der Waals surface area contributed by atoms with Gasteiger partial charge in [0.05, 0.1) is 0 Å². The van der Waals surface area contributed by atoms with Gasteiger partial charge < -0.3 is 10.6 Å². The van der Waals surface area contributed by atoms with Crippen LogP contribution in [0.15, 0.2) is 0 Å². The zero-order valence-corrected chi connectivity index (χ0v) is 7.41. The van der Waals surface area contributed by atoms with E-state index in [2.05, 4.69) is 17.6 Å². The molecule has 0 aromatic heterocycles. The molecule has 0 fully saturated rings. The summed E-state index contributed by atoms with van der Waals surface area (Å²) in [6.07, 6.45) is 3.91. The smallest absolute Gasteiger partial charge is 0.0189 e. The second-order valence-corrected chi connectivity index (χ2v) is 2.69. The average Bonchev–Trinajstić information content (AvgIpc) is 1.98. The van der Waals surface area contributed by atoms with Crippen molar-refractivity contribution >= 4 is 0 Å². The molecule has 0 spiro atoms. The number of hydrogen-bond acceptors (Lipinski definition) is 2. The van der Waals surface area contributed by atoms with Crippen LogP contribution in [0.4, 0.5) is 0 Å². The summed E-state index contributed by atoms with van der Waals surface area (Å²) < 4.78 is 0. The van der Waals surface area contributed by atoms with Gasteiger partial charge in [-0.15, -0.1) is 0 Å². The van der Waals surface area contributed by atoms with E-state index in [1.54, 1.807) is 0 Å². The summed E-state index contributed by atoms with van der Waals surface area (Å²) in [4.78, 5) is 0. The second kappa shape index (κ2) is 7.03. The third-order valence-electron chi connectivity index (χ3n) is 1.76. The molecule has 0 aromatic carbocycles. The summed E-state index contributed by atoms with van der Waals surface area (Å²) in [5, 5.41) is 6.44. The Labute approximate surface area is 64.4 Å². The van der Waals surface area contributed by atoms with Gasteiger partial charge in [-0.2, -0.15) is 0 Å². The van der Waals surface area contributed by atoms with Gasteiger partial charge in [0.25, 0.3) is 0 Å². The van der Waals surface area contributed by atoms with E-state index in [0.717, 1.165) is 6.54 Å². The van der Waals surface area contributed by atoms with Crippen molar-refractivity contribution in [3.8, 4) is 0 Å². The Balaban J connectivity index is 3.21. The molecule has 0 aliphatic heterocycles. The van der Waals surface area contributed by atoms with Gasteiger partial charge in [-0.3, -0.25) is 0 Å². The highest BCUT2D eigenvalue weighted by Gasteiger charge is 2.01. The van der Waals surface area contributed by atoms with Crippen LogP contribution in [0.1, 0.15) is 26.2 Å². The number of likely N-dealkylation sites (N-methyl/N-ethyl adjacent to an activating group) is 2. The lowest BCUT2D eigenvalue weighted by molar-refractivity contribution is 0.481. The molecule has 0 rings (SSSR count). The first-order chi connectivity index (χ1) is 4.85. The molecule has 62 valence electrons. The molecule has 0 amide bonds. The monoisotopic (exact) mass is 144 g/mol. The third-order valence-corrected chi connectivity index (χ3v) is 1.76. The molecular formula is C8H20N2. The lowest BCUT2D eigenvalue weighted by Gasteiger charge is -2.14. The van der Waals surface area contributed by atoms with Crippen LogP contribution in [-0.2, 0) is 0 Å². The average molecular weight is 144 g/mol. The number of unbranched alkanes of at least 4 members (excludes halogenated alkanes) is 1. The van der Waals surface area contributed by atoms with Crippen LogP contribution in [0.25, 0.3) is 0 Å². The van der Waals surface area contributed by atoms with Crippen LogP contribution >= 0.6 is 0 Å². The third kappa shape index (κ3) is 4.77. The normalized spacial score (nSPS) is 13.5. The van der Waals surface area contributed by atoms with E-state index in [1.165, 1.54) is 19.3 Å². The summed E-state index contributed by atoms with van der Waals surface area (Å²) in [6.45, 7) is 3.31. The fourth-order valence-corrected chi connectivity index (χ4v) is 1.05. The predicted molar refractivity (Wildman–Crippen MR) is 46.3 cm³/mol. The first-order valence-corrected chi connectivity index (χ1v) is 4.17. The van der Waals surface area contributed by atoms with Crippen LogP contribution in [0, 0.1) is 0 Å². The Bertz CT molecular complexity index is 64.3. The maximum atomic E-state index is 3.28. The van der Waals surface area contributed by atoms with Crippen LogP contribution in [0.5, 0.6) is 0 Å². The van der Waals surface area contributed by atoms with Crippen LogP contribution in [0.3, 0.4) is 0 Å². The van der Waals surface area contributed by atoms with E-state index in [0.29, 0.717) is 6.04 Å². The van der Waals surface area contributed by atoms with Crippen molar-refractivity contribution in [3.05, 3.63) is 0 Å². The molecule has 0 bridgehead atoms. The molecule has 2 N–H and O–H groups in total. The lowest BCUT2D eigenvalue weighted by atomic mass is 10.1. The van der Waals surface area contributed by atoms with Crippen molar-refractivity contribution in [1.82, 2.24) is 10.6 Å². The zero-order valence-electron chi connectivity index (χ0n) is 7.41. The second-order valence-electron chi connectivity index (χ2n) is 2.69. The zero-order chi connectivity index (χ0) is 7.82. The van der Waals surface area contributed by atoms with E-state index in [9.17, 15) is 0 Å². The van der Waals surface area contributed by atoms with Crippen molar-refractivity contribution < 1.29 is 0 Å². The Hall–Kier alpha value is -0.0800. The van der Waals surface area contributed by atoms with Gasteiger partial charge in [0.15, 0.2) is 0 Å². The summed E-state index contributed by atoms with van der Waals surface area (Å²) in [5.41, 5.74) is 0. The van der Waals surface area contributed by atoms with E-state index >= 15 is 0 Å². The molecule has 0 saturated carbocycles. The fraction of sp³-hybridized carbons (Fsp3) is 1.00. The molecule has 2 heteroatoms. The largest absolute Gasteiger partial charge is 0.318 e. The van der Waals surface area contributed by atoms with E-state index in [1.807, 2.05) is 14.1 Å². The molecule has 1 atom stereocenters. The first kappa shape index (κ1) is 9.92. The maximum absolute atomic E-state index is 3.28. The molecule has 10 heavy (non-hydrogen) atoms. The lowest BCUT2D eigenvalue weighted by Crippen LogP contribution is -2.34. The van der Waals surface area contributed by atoms with E-state index in [4.69, 9.17) is 0 Å². The van der Waals surface area contributed by atoms with E-state index in [-0.39, 0.29) is 0 Å². The Morgan fingerprint density at radius 2 is 2.00 bits per heavy atom. The summed E-state index contributed by atoms with van der Waals surface area (Å²) in [5.74, 6) is 0. The van der Waals surface area contributed by atoms with Gasteiger partial charge >= 0.3 is 0 Å². The maximum Gasteiger partial charge on any atom is 0.0189 e. The summed E-state index contributed by atoms with van der Waals surface area (Å²) >= 11 is 0. The molecule has 0 aromatic rings. The molecule has 0 radical (unpaired) electrons. The highest BCUT2D eigenvalue weighted by Crippen LogP contribution is 1.98. The highest BCUT2D eigenvalue weighted by molar-refractivity contribution is 4.65. The van der Waals surface area contributed by atoms with Crippen molar-refractivity contribution in [2.75, 3.05) is 20.6 Å². The molecular weight excluding hydrogens is 124 g/mol. The van der Waals surface area contributed by atoms with Crippen molar-refractivity contribution in [2.45, 2.75) is 32.2 Å². The first-order valence-electron chi connectivity index (χ1n) is 4.17. The van der Waals surface area contributed by atoms with Gasteiger partial charge in [0.2, 0.25) is 0 Å². The molecule has 1 unspecified atom stereocenters. The molecule has 2 nitrogen and oxygen atoms in total. The van der Waals surface area contributed by atoms with Gasteiger partial charge in [0.1, 0.15) is 0 Å². The van der Waals surface area contributed by atoms with Crippen LogP contribution in [0.2, 0.25) is 0 Å². The SMILES string of the molecule is CCCCC(CNC)NC. The number of rotatable bonds is 6. The minimum Gasteiger partial charge on any atom is -0.318 e. The minimum atomic E-state index is 0.657. The Kier molecular flexibility index (Phi) is 6.98. The van der Waals surface area contributed by atoms with Gasteiger partial charge in [-0.25, -0.2) is 0 Å². The van der Waals surface area contributed by atoms with Crippen molar-refractivity contribution in [1.29, 1.82) is 0 Å². The molecule has 0 aliphatic rings. The van der Waals surface area contributed by atoms with Gasteiger partial charge in [0, 0.05) is 12.6 Å². The van der Waals surface area contributed by atoms with E-state index < -0.39 is 0 Å². The van der Waals surface area contributed by atoms with Gasteiger partial charge in [-0.1, -0.05) is 19.8 Å². The number of nitrogens with one attached hydrogen (secondary N) is 2. The summed E-state index contributed by atoms with van der Waals surface area (Å²) in [7, 11) is 4.02.